The minimum absolute atomic E-state index is 0.0356. The number of ether oxygens (including phenoxy) is 1. The molecule has 152 valence electrons. The fraction of sp³-hybridized carbons (Fsp3) is 0.409. The van der Waals surface area contributed by atoms with Gasteiger partial charge in [0.1, 0.15) is 17.1 Å². The van der Waals surface area contributed by atoms with Crippen LogP contribution in [0.3, 0.4) is 0 Å². The molecule has 1 atom stereocenters. The van der Waals surface area contributed by atoms with Crippen LogP contribution in [0, 0.1) is 0 Å². The lowest BCUT2D eigenvalue weighted by atomic mass is 10.1. The maximum Gasteiger partial charge on any atom is 0.317 e. The maximum atomic E-state index is 12.7. The molecule has 1 aliphatic heterocycles. The van der Waals surface area contributed by atoms with Gasteiger partial charge in [-0.3, -0.25) is 0 Å². The Morgan fingerprint density at radius 1 is 1.31 bits per heavy atom. The number of amides is 2. The molecule has 4 rings (SSSR count). The van der Waals surface area contributed by atoms with E-state index in [-0.39, 0.29) is 11.9 Å². The molecular weight excluding hydrogens is 366 g/mol. The average molecular weight is 393 g/mol. The summed E-state index contributed by atoms with van der Waals surface area (Å²) in [6, 6.07) is 11.6. The molecule has 1 aromatic carbocycles. The molecule has 1 N–H and O–H groups in total. The number of urea groups is 1. The van der Waals surface area contributed by atoms with E-state index in [4.69, 9.17) is 9.72 Å². The standard InChI is InChI=1S/C22H27N5O2/c1-3-11-27-20(25-19-8-5-10-23-21(19)27)17-9-12-26(15-17)22(28)24-14-16-6-4-7-18(13-16)29-2/h4-8,10,13,17H,3,9,11-12,14-15H2,1-2H3,(H,24,28)/t17-/m1/s1. The van der Waals surface area contributed by atoms with Crippen LogP contribution in [0.2, 0.25) is 0 Å². The minimum Gasteiger partial charge on any atom is -0.497 e. The topological polar surface area (TPSA) is 72.3 Å². The second-order valence-electron chi connectivity index (χ2n) is 7.41. The van der Waals surface area contributed by atoms with Crippen molar-refractivity contribution in [3.8, 4) is 5.75 Å². The third-order valence-electron chi connectivity index (χ3n) is 5.40. The van der Waals surface area contributed by atoms with Crippen LogP contribution in [0.25, 0.3) is 11.2 Å². The molecule has 3 heterocycles. The first-order valence-electron chi connectivity index (χ1n) is 10.2. The highest BCUT2D eigenvalue weighted by atomic mass is 16.5. The van der Waals surface area contributed by atoms with Gasteiger partial charge in [0.05, 0.1) is 7.11 Å². The summed E-state index contributed by atoms with van der Waals surface area (Å²) in [4.78, 5) is 23.9. The summed E-state index contributed by atoms with van der Waals surface area (Å²) in [7, 11) is 1.64. The number of hydrogen-bond acceptors (Lipinski definition) is 4. The lowest BCUT2D eigenvalue weighted by Gasteiger charge is -2.18. The van der Waals surface area contributed by atoms with Crippen molar-refractivity contribution in [1.29, 1.82) is 0 Å². The Morgan fingerprint density at radius 3 is 3.03 bits per heavy atom. The highest BCUT2D eigenvalue weighted by Crippen LogP contribution is 2.29. The lowest BCUT2D eigenvalue weighted by Crippen LogP contribution is -2.38. The van der Waals surface area contributed by atoms with Crippen LogP contribution < -0.4 is 10.1 Å². The van der Waals surface area contributed by atoms with E-state index in [0.717, 1.165) is 54.2 Å². The van der Waals surface area contributed by atoms with Crippen LogP contribution >= 0.6 is 0 Å². The van der Waals surface area contributed by atoms with Crippen LogP contribution in [-0.2, 0) is 13.1 Å². The highest BCUT2D eigenvalue weighted by Gasteiger charge is 2.31. The van der Waals surface area contributed by atoms with Crippen LogP contribution in [0.5, 0.6) is 5.75 Å². The average Bonchev–Trinajstić information content (AvgIpc) is 3.38. The number of nitrogens with one attached hydrogen (secondary N) is 1. The largest absolute Gasteiger partial charge is 0.497 e. The number of carbonyl (C=O) groups excluding carboxylic acids is 1. The Morgan fingerprint density at radius 2 is 2.21 bits per heavy atom. The fourth-order valence-corrected chi connectivity index (χ4v) is 3.96. The molecule has 2 amide bonds. The van der Waals surface area contributed by atoms with Gasteiger partial charge >= 0.3 is 6.03 Å². The molecule has 0 aliphatic carbocycles. The number of likely N-dealkylation sites (tertiary alicyclic amines) is 1. The number of methoxy groups -OCH3 is 1. The number of carbonyl (C=O) groups is 1. The summed E-state index contributed by atoms with van der Waals surface area (Å²) in [5, 5.41) is 3.02. The van der Waals surface area contributed by atoms with Gasteiger partial charge in [0.15, 0.2) is 5.65 Å². The van der Waals surface area contributed by atoms with Crippen LogP contribution in [0.4, 0.5) is 4.79 Å². The number of nitrogens with zero attached hydrogens (tertiary/aromatic N) is 4. The summed E-state index contributed by atoms with van der Waals surface area (Å²) in [5.41, 5.74) is 2.88. The molecule has 0 saturated carbocycles. The van der Waals surface area contributed by atoms with E-state index in [1.807, 2.05) is 47.5 Å². The van der Waals surface area contributed by atoms with E-state index in [2.05, 4.69) is 21.8 Å². The number of hydrogen-bond donors (Lipinski definition) is 1. The van der Waals surface area contributed by atoms with E-state index >= 15 is 0 Å². The Bertz CT molecular complexity index is 1000. The number of fused-ring (bicyclic) bond motifs is 1. The van der Waals surface area contributed by atoms with Gasteiger partial charge in [-0.1, -0.05) is 19.1 Å². The molecule has 7 heteroatoms. The van der Waals surface area contributed by atoms with Gasteiger partial charge in [-0.15, -0.1) is 0 Å². The summed E-state index contributed by atoms with van der Waals surface area (Å²) in [5.74, 6) is 2.07. The Labute approximate surface area is 170 Å². The van der Waals surface area contributed by atoms with Crippen molar-refractivity contribution in [3.63, 3.8) is 0 Å². The number of rotatable bonds is 6. The van der Waals surface area contributed by atoms with Crippen molar-refractivity contribution in [2.24, 2.45) is 0 Å². The second kappa shape index (κ2) is 8.51. The fourth-order valence-electron chi connectivity index (χ4n) is 3.96. The predicted octanol–water partition coefficient (Wildman–Crippen LogP) is 3.55. The third kappa shape index (κ3) is 4.04. The Kier molecular flexibility index (Phi) is 5.64. The van der Waals surface area contributed by atoms with Crippen molar-refractivity contribution in [2.45, 2.75) is 38.8 Å². The first-order chi connectivity index (χ1) is 14.2. The molecule has 0 radical (unpaired) electrons. The molecule has 1 fully saturated rings. The van der Waals surface area contributed by atoms with Crippen molar-refractivity contribution >= 4 is 17.2 Å². The summed E-state index contributed by atoms with van der Waals surface area (Å²) < 4.78 is 7.46. The summed E-state index contributed by atoms with van der Waals surface area (Å²) >= 11 is 0. The number of aryl methyl sites for hydroxylation is 1. The van der Waals surface area contributed by atoms with E-state index in [1.165, 1.54) is 0 Å². The van der Waals surface area contributed by atoms with E-state index in [9.17, 15) is 4.79 Å². The van der Waals surface area contributed by atoms with Gasteiger partial charge in [0.2, 0.25) is 0 Å². The zero-order valence-corrected chi connectivity index (χ0v) is 17.0. The van der Waals surface area contributed by atoms with Crippen LogP contribution in [0.1, 0.15) is 37.1 Å². The molecule has 2 aromatic heterocycles. The maximum absolute atomic E-state index is 12.7. The highest BCUT2D eigenvalue weighted by molar-refractivity contribution is 5.75. The zero-order valence-electron chi connectivity index (χ0n) is 17.0. The minimum atomic E-state index is -0.0356. The molecule has 0 spiro atoms. The smallest absolute Gasteiger partial charge is 0.317 e. The SMILES string of the molecule is CCCn1c([C@@H]2CCN(C(=O)NCc3cccc(OC)c3)C2)nc2cccnc21. The lowest BCUT2D eigenvalue weighted by molar-refractivity contribution is 0.207. The van der Waals surface area contributed by atoms with E-state index in [0.29, 0.717) is 13.1 Å². The third-order valence-corrected chi connectivity index (χ3v) is 5.40. The second-order valence-corrected chi connectivity index (χ2v) is 7.41. The van der Waals surface area contributed by atoms with E-state index < -0.39 is 0 Å². The van der Waals surface area contributed by atoms with Gasteiger partial charge in [-0.2, -0.15) is 0 Å². The van der Waals surface area contributed by atoms with Gasteiger partial charge in [-0.05, 0) is 42.7 Å². The van der Waals surface area contributed by atoms with Crippen molar-refractivity contribution in [3.05, 3.63) is 54.0 Å². The van der Waals surface area contributed by atoms with Gasteiger partial charge in [0.25, 0.3) is 0 Å². The number of aromatic nitrogens is 3. The number of benzene rings is 1. The van der Waals surface area contributed by atoms with Gasteiger partial charge < -0.3 is 19.5 Å². The van der Waals surface area contributed by atoms with Gasteiger partial charge in [0, 0.05) is 38.3 Å². The van der Waals surface area contributed by atoms with Crippen LogP contribution in [-0.4, -0.2) is 45.7 Å². The Balaban J connectivity index is 1.43. The van der Waals surface area contributed by atoms with Crippen LogP contribution in [0.15, 0.2) is 42.6 Å². The number of imidazole rings is 1. The number of pyridine rings is 1. The molecule has 7 nitrogen and oxygen atoms in total. The first-order valence-corrected chi connectivity index (χ1v) is 10.2. The monoisotopic (exact) mass is 393 g/mol. The predicted molar refractivity (Wildman–Crippen MR) is 112 cm³/mol. The normalized spacial score (nSPS) is 16.3. The van der Waals surface area contributed by atoms with Crippen molar-refractivity contribution < 1.29 is 9.53 Å². The summed E-state index contributed by atoms with van der Waals surface area (Å²) in [6.07, 6.45) is 3.75. The zero-order chi connectivity index (χ0) is 20.2. The quantitative estimate of drug-likeness (QED) is 0.695. The Hall–Kier alpha value is -3.09. The van der Waals surface area contributed by atoms with Crippen molar-refractivity contribution in [2.75, 3.05) is 20.2 Å². The molecule has 0 bridgehead atoms. The molecule has 0 unspecified atom stereocenters. The molecular formula is C22H27N5O2. The molecule has 3 aromatic rings. The van der Waals surface area contributed by atoms with E-state index in [1.54, 1.807) is 7.11 Å². The first kappa shape index (κ1) is 19.2. The van der Waals surface area contributed by atoms with Crippen molar-refractivity contribution in [1.82, 2.24) is 24.8 Å². The molecule has 1 aliphatic rings. The molecule has 1 saturated heterocycles. The van der Waals surface area contributed by atoms with Gasteiger partial charge in [-0.25, -0.2) is 14.8 Å². The summed E-state index contributed by atoms with van der Waals surface area (Å²) in [6.45, 7) is 4.94. The molecule has 29 heavy (non-hydrogen) atoms.